The van der Waals surface area contributed by atoms with Crippen LogP contribution in [0.25, 0.3) is 0 Å². The van der Waals surface area contributed by atoms with Crippen LogP contribution in [0.2, 0.25) is 0 Å². The summed E-state index contributed by atoms with van der Waals surface area (Å²) in [5.74, 6) is 0.541. The molecule has 0 aliphatic rings. The van der Waals surface area contributed by atoms with Crippen molar-refractivity contribution in [3.8, 4) is 0 Å². The molecule has 17 heavy (non-hydrogen) atoms. The Morgan fingerprint density at radius 3 is 2.88 bits per heavy atom. The van der Waals surface area contributed by atoms with Gasteiger partial charge in [-0.25, -0.2) is 0 Å². The summed E-state index contributed by atoms with van der Waals surface area (Å²) in [6, 6.07) is 6.29. The monoisotopic (exact) mass is 252 g/mol. The molecule has 0 spiro atoms. The summed E-state index contributed by atoms with van der Waals surface area (Å²) in [6.07, 6.45) is 0.833. The zero-order chi connectivity index (χ0) is 12.7. The van der Waals surface area contributed by atoms with Crippen LogP contribution in [0, 0.1) is 13.8 Å². The molecule has 4 heteroatoms. The topological polar surface area (TPSA) is 55.1 Å². The zero-order valence-corrected chi connectivity index (χ0v) is 11.3. The van der Waals surface area contributed by atoms with Crippen LogP contribution in [0.4, 0.5) is 0 Å². The van der Waals surface area contributed by atoms with Crippen LogP contribution in [-0.2, 0) is 4.79 Å². The largest absolute Gasteiger partial charge is 0.355 e. The van der Waals surface area contributed by atoms with Gasteiger partial charge in [0.05, 0.1) is 5.75 Å². The van der Waals surface area contributed by atoms with Gasteiger partial charge < -0.3 is 11.1 Å². The summed E-state index contributed by atoms with van der Waals surface area (Å²) in [6.45, 7) is 5.41. The van der Waals surface area contributed by atoms with Gasteiger partial charge in [-0.1, -0.05) is 17.7 Å². The fourth-order valence-electron chi connectivity index (χ4n) is 1.39. The Morgan fingerprint density at radius 1 is 1.41 bits per heavy atom. The molecule has 0 saturated heterocycles. The fourth-order valence-corrected chi connectivity index (χ4v) is 2.34. The van der Waals surface area contributed by atoms with Crippen molar-refractivity contribution in [1.29, 1.82) is 0 Å². The number of rotatable bonds is 6. The van der Waals surface area contributed by atoms with Crippen LogP contribution in [0.1, 0.15) is 17.5 Å². The number of amides is 1. The number of benzene rings is 1. The predicted octanol–water partition coefficient (Wildman–Crippen LogP) is 1.86. The summed E-state index contributed by atoms with van der Waals surface area (Å²) in [5.41, 5.74) is 7.80. The first kappa shape index (κ1) is 14.1. The number of thioether (sulfide) groups is 1. The summed E-state index contributed by atoms with van der Waals surface area (Å²) in [7, 11) is 0. The van der Waals surface area contributed by atoms with Crippen molar-refractivity contribution in [2.45, 2.75) is 25.2 Å². The molecule has 3 N–H and O–H groups in total. The fraction of sp³-hybridized carbons (Fsp3) is 0.462. The van der Waals surface area contributed by atoms with Crippen LogP contribution in [0.15, 0.2) is 23.1 Å². The Balaban J connectivity index is 2.39. The van der Waals surface area contributed by atoms with E-state index in [1.165, 1.54) is 16.0 Å². The van der Waals surface area contributed by atoms with E-state index in [0.717, 1.165) is 6.42 Å². The summed E-state index contributed by atoms with van der Waals surface area (Å²) >= 11 is 1.58. The summed E-state index contributed by atoms with van der Waals surface area (Å²) in [5, 5.41) is 2.85. The molecule has 0 saturated carbocycles. The van der Waals surface area contributed by atoms with Crippen molar-refractivity contribution in [2.24, 2.45) is 5.73 Å². The molecule has 3 nitrogen and oxygen atoms in total. The van der Waals surface area contributed by atoms with Crippen molar-refractivity contribution >= 4 is 17.7 Å². The normalized spacial score (nSPS) is 10.3. The second kappa shape index (κ2) is 7.35. The second-order valence-corrected chi connectivity index (χ2v) is 5.07. The van der Waals surface area contributed by atoms with E-state index in [1.54, 1.807) is 11.8 Å². The molecule has 1 aromatic rings. The number of nitrogens with two attached hydrogens (primary N) is 1. The molecular weight excluding hydrogens is 232 g/mol. The minimum Gasteiger partial charge on any atom is -0.355 e. The van der Waals surface area contributed by atoms with Crippen molar-refractivity contribution in [3.63, 3.8) is 0 Å². The zero-order valence-electron chi connectivity index (χ0n) is 10.5. The third kappa shape index (κ3) is 5.24. The number of nitrogens with one attached hydrogen (secondary N) is 1. The first-order valence-electron chi connectivity index (χ1n) is 5.80. The molecule has 0 aliphatic carbocycles. The summed E-state index contributed by atoms with van der Waals surface area (Å²) < 4.78 is 0. The molecule has 1 rings (SSSR count). The average Bonchev–Trinajstić information content (AvgIpc) is 2.31. The van der Waals surface area contributed by atoms with Crippen molar-refractivity contribution in [3.05, 3.63) is 29.3 Å². The highest BCUT2D eigenvalue weighted by Crippen LogP contribution is 2.23. The van der Waals surface area contributed by atoms with Crippen molar-refractivity contribution < 1.29 is 4.79 Å². The molecule has 0 radical (unpaired) electrons. The maximum atomic E-state index is 11.5. The predicted molar refractivity (Wildman–Crippen MR) is 73.3 cm³/mol. The standard InChI is InChI=1S/C13H20N2OS/c1-10-4-5-11(2)12(8-10)17-9-13(16)15-7-3-6-14/h4-5,8H,3,6-7,9,14H2,1-2H3,(H,15,16). The lowest BCUT2D eigenvalue weighted by atomic mass is 10.2. The first-order chi connectivity index (χ1) is 8.13. The Morgan fingerprint density at radius 2 is 2.18 bits per heavy atom. The smallest absolute Gasteiger partial charge is 0.230 e. The molecule has 1 amide bonds. The Hall–Kier alpha value is -1.00. The van der Waals surface area contributed by atoms with Gasteiger partial charge in [-0.05, 0) is 38.4 Å². The highest BCUT2D eigenvalue weighted by Gasteiger charge is 2.04. The lowest BCUT2D eigenvalue weighted by Gasteiger charge is -2.07. The lowest BCUT2D eigenvalue weighted by molar-refractivity contribution is -0.118. The summed E-state index contributed by atoms with van der Waals surface area (Å²) in [4.78, 5) is 12.7. The van der Waals surface area contributed by atoms with E-state index in [0.29, 0.717) is 18.8 Å². The SMILES string of the molecule is Cc1ccc(C)c(SCC(=O)NCCCN)c1. The maximum absolute atomic E-state index is 11.5. The Bertz CT molecular complexity index is 380. The van der Waals surface area contributed by atoms with Gasteiger partial charge in [0.2, 0.25) is 5.91 Å². The molecule has 0 fully saturated rings. The Labute approximate surface area is 107 Å². The van der Waals surface area contributed by atoms with E-state index < -0.39 is 0 Å². The van der Waals surface area contributed by atoms with E-state index in [-0.39, 0.29) is 5.91 Å². The van der Waals surface area contributed by atoms with E-state index >= 15 is 0 Å². The highest BCUT2D eigenvalue weighted by molar-refractivity contribution is 8.00. The molecule has 0 atom stereocenters. The number of carbonyl (C=O) groups is 1. The minimum absolute atomic E-state index is 0.0735. The third-order valence-corrected chi connectivity index (χ3v) is 3.56. The van der Waals surface area contributed by atoms with E-state index in [9.17, 15) is 4.79 Å². The highest BCUT2D eigenvalue weighted by atomic mass is 32.2. The van der Waals surface area contributed by atoms with Crippen LogP contribution in [0.3, 0.4) is 0 Å². The third-order valence-electron chi connectivity index (χ3n) is 2.41. The minimum atomic E-state index is 0.0735. The van der Waals surface area contributed by atoms with Crippen LogP contribution >= 0.6 is 11.8 Å². The maximum Gasteiger partial charge on any atom is 0.230 e. The van der Waals surface area contributed by atoms with Gasteiger partial charge in [-0.3, -0.25) is 4.79 Å². The first-order valence-corrected chi connectivity index (χ1v) is 6.79. The van der Waals surface area contributed by atoms with Crippen molar-refractivity contribution in [1.82, 2.24) is 5.32 Å². The van der Waals surface area contributed by atoms with Crippen LogP contribution in [-0.4, -0.2) is 24.7 Å². The van der Waals surface area contributed by atoms with Gasteiger partial charge >= 0.3 is 0 Å². The number of hydrogen-bond acceptors (Lipinski definition) is 3. The molecule has 0 aromatic heterocycles. The van der Waals surface area contributed by atoms with E-state index in [2.05, 4.69) is 37.4 Å². The number of hydrogen-bond donors (Lipinski definition) is 2. The van der Waals surface area contributed by atoms with Crippen LogP contribution in [0.5, 0.6) is 0 Å². The van der Waals surface area contributed by atoms with Gasteiger partial charge in [-0.2, -0.15) is 0 Å². The Kier molecular flexibility index (Phi) is 6.08. The van der Waals surface area contributed by atoms with Gasteiger partial charge in [-0.15, -0.1) is 11.8 Å². The molecule has 0 bridgehead atoms. The number of aryl methyl sites for hydroxylation is 2. The molecule has 1 aromatic carbocycles. The number of carbonyl (C=O) groups excluding carboxylic acids is 1. The lowest BCUT2D eigenvalue weighted by Crippen LogP contribution is -2.27. The molecular formula is C13H20N2OS. The van der Waals surface area contributed by atoms with Gasteiger partial charge in [0.15, 0.2) is 0 Å². The van der Waals surface area contributed by atoms with Crippen LogP contribution < -0.4 is 11.1 Å². The quantitative estimate of drug-likeness (QED) is 0.600. The second-order valence-electron chi connectivity index (χ2n) is 4.05. The van der Waals surface area contributed by atoms with Gasteiger partial charge in [0.1, 0.15) is 0 Å². The average molecular weight is 252 g/mol. The molecule has 0 heterocycles. The molecule has 0 aliphatic heterocycles. The van der Waals surface area contributed by atoms with Gasteiger partial charge in [0.25, 0.3) is 0 Å². The molecule has 0 unspecified atom stereocenters. The molecule has 94 valence electrons. The van der Waals surface area contributed by atoms with Gasteiger partial charge in [0, 0.05) is 11.4 Å². The van der Waals surface area contributed by atoms with E-state index in [4.69, 9.17) is 5.73 Å². The van der Waals surface area contributed by atoms with E-state index in [1.807, 2.05) is 0 Å². The van der Waals surface area contributed by atoms with Crippen molar-refractivity contribution in [2.75, 3.05) is 18.8 Å².